The lowest BCUT2D eigenvalue weighted by Crippen LogP contribution is -2.41. The Morgan fingerprint density at radius 2 is 1.82 bits per heavy atom. The van der Waals surface area contributed by atoms with Crippen LogP contribution in [0.4, 0.5) is 11.8 Å². The van der Waals surface area contributed by atoms with E-state index in [1.165, 1.54) is 6.42 Å². The van der Waals surface area contributed by atoms with Crippen molar-refractivity contribution in [2.24, 2.45) is 11.8 Å². The van der Waals surface area contributed by atoms with Gasteiger partial charge in [0.15, 0.2) is 0 Å². The number of amides is 1. The predicted molar refractivity (Wildman–Crippen MR) is 111 cm³/mol. The van der Waals surface area contributed by atoms with E-state index in [9.17, 15) is 9.59 Å². The molecule has 2 aromatic rings. The molecule has 0 bridgehead atoms. The maximum Gasteiger partial charge on any atom is 0.258 e. The summed E-state index contributed by atoms with van der Waals surface area (Å²) in [6, 6.07) is 6.17. The molecule has 6 nitrogen and oxygen atoms in total. The third kappa shape index (κ3) is 3.43. The molecule has 3 atom stereocenters. The number of piperidine rings is 1. The maximum atomic E-state index is 13.1. The van der Waals surface area contributed by atoms with E-state index in [2.05, 4.69) is 40.1 Å². The minimum atomic E-state index is -0.270. The second kappa shape index (κ2) is 7.08. The summed E-state index contributed by atoms with van der Waals surface area (Å²) >= 11 is 0. The van der Waals surface area contributed by atoms with E-state index in [0.717, 1.165) is 29.8 Å². The zero-order valence-electron chi connectivity index (χ0n) is 17.0. The number of aromatic amines is 1. The number of aryl methyl sites for hydroxylation is 2. The van der Waals surface area contributed by atoms with Gasteiger partial charge in [-0.25, -0.2) is 0 Å². The van der Waals surface area contributed by atoms with Crippen LogP contribution in [0.3, 0.4) is 0 Å². The molecular formula is C22H28N4O2. The molecule has 1 aromatic heterocycles. The minimum absolute atomic E-state index is 0.0946. The number of nitrogens with one attached hydrogen (secondary N) is 2. The second-order valence-corrected chi connectivity index (χ2v) is 8.67. The Labute approximate surface area is 165 Å². The van der Waals surface area contributed by atoms with E-state index < -0.39 is 0 Å². The van der Waals surface area contributed by atoms with Crippen LogP contribution in [-0.2, 0) is 4.79 Å². The van der Waals surface area contributed by atoms with E-state index in [0.29, 0.717) is 29.2 Å². The molecule has 6 heteroatoms. The lowest BCUT2D eigenvalue weighted by Gasteiger charge is -2.36. The normalized spacial score (nSPS) is 24.6. The lowest BCUT2D eigenvalue weighted by molar-refractivity contribution is -0.116. The van der Waals surface area contributed by atoms with Crippen LogP contribution < -0.4 is 15.8 Å². The van der Waals surface area contributed by atoms with Gasteiger partial charge in [0.2, 0.25) is 11.9 Å². The van der Waals surface area contributed by atoms with Gasteiger partial charge in [-0.05, 0) is 43.2 Å². The number of aromatic nitrogens is 2. The number of benzene rings is 1. The molecule has 2 aliphatic rings. The summed E-state index contributed by atoms with van der Waals surface area (Å²) < 4.78 is 0. The third-order valence-corrected chi connectivity index (χ3v) is 5.92. The van der Waals surface area contributed by atoms with Crippen molar-refractivity contribution in [1.29, 1.82) is 0 Å². The number of anilines is 2. The van der Waals surface area contributed by atoms with Crippen molar-refractivity contribution in [2.45, 2.75) is 46.5 Å². The summed E-state index contributed by atoms with van der Waals surface area (Å²) in [6.07, 6.45) is 1.44. The van der Waals surface area contributed by atoms with Gasteiger partial charge in [-0.3, -0.25) is 14.6 Å². The zero-order valence-corrected chi connectivity index (χ0v) is 17.0. The van der Waals surface area contributed by atoms with Crippen LogP contribution in [0.1, 0.15) is 54.9 Å². The van der Waals surface area contributed by atoms with Crippen LogP contribution in [0.15, 0.2) is 23.0 Å². The van der Waals surface area contributed by atoms with E-state index >= 15 is 0 Å². The second-order valence-electron chi connectivity index (χ2n) is 8.67. The Morgan fingerprint density at radius 1 is 1.11 bits per heavy atom. The molecule has 28 heavy (non-hydrogen) atoms. The van der Waals surface area contributed by atoms with Crippen molar-refractivity contribution in [3.63, 3.8) is 0 Å². The molecule has 4 rings (SSSR count). The Balaban J connectivity index is 1.79. The van der Waals surface area contributed by atoms with Gasteiger partial charge in [0.05, 0.1) is 5.56 Å². The average Bonchev–Trinajstić information content (AvgIpc) is 2.61. The van der Waals surface area contributed by atoms with Crippen LogP contribution in [0.2, 0.25) is 0 Å². The summed E-state index contributed by atoms with van der Waals surface area (Å²) in [6.45, 7) is 10.2. The van der Waals surface area contributed by atoms with Gasteiger partial charge in [-0.2, -0.15) is 4.98 Å². The predicted octanol–water partition coefficient (Wildman–Crippen LogP) is 3.34. The first kappa shape index (κ1) is 18.7. The molecule has 3 unspecified atom stereocenters. The van der Waals surface area contributed by atoms with E-state index in [1.54, 1.807) is 0 Å². The highest BCUT2D eigenvalue weighted by atomic mass is 16.2. The summed E-state index contributed by atoms with van der Waals surface area (Å²) in [4.78, 5) is 35.4. The fraction of sp³-hybridized carbons (Fsp3) is 0.500. The Hall–Kier alpha value is -2.63. The van der Waals surface area contributed by atoms with Crippen LogP contribution >= 0.6 is 0 Å². The Morgan fingerprint density at radius 3 is 2.54 bits per heavy atom. The van der Waals surface area contributed by atoms with Crippen LogP contribution in [-0.4, -0.2) is 29.0 Å². The monoisotopic (exact) mass is 380 g/mol. The van der Waals surface area contributed by atoms with Crippen LogP contribution in [0.25, 0.3) is 0 Å². The first-order valence-electron chi connectivity index (χ1n) is 10.1. The number of H-pyrrole nitrogens is 1. The molecule has 148 valence electrons. The highest BCUT2D eigenvalue weighted by Crippen LogP contribution is 2.36. The number of hydrogen-bond donors (Lipinski definition) is 2. The van der Waals surface area contributed by atoms with Crippen molar-refractivity contribution in [2.75, 3.05) is 23.3 Å². The molecule has 1 fully saturated rings. The fourth-order valence-corrected chi connectivity index (χ4v) is 4.75. The number of carbonyl (C=O) groups is 1. The summed E-state index contributed by atoms with van der Waals surface area (Å²) in [7, 11) is 0. The van der Waals surface area contributed by atoms with Gasteiger partial charge in [-0.1, -0.05) is 37.6 Å². The zero-order chi connectivity index (χ0) is 20.0. The summed E-state index contributed by atoms with van der Waals surface area (Å²) in [5.74, 6) is 1.69. The molecular weight excluding hydrogens is 352 g/mol. The van der Waals surface area contributed by atoms with Crippen molar-refractivity contribution in [3.05, 3.63) is 50.8 Å². The highest BCUT2D eigenvalue weighted by Gasteiger charge is 2.33. The smallest absolute Gasteiger partial charge is 0.258 e. The van der Waals surface area contributed by atoms with Crippen molar-refractivity contribution < 1.29 is 4.79 Å². The Bertz CT molecular complexity index is 971. The maximum absolute atomic E-state index is 13.1. The number of rotatable bonds is 2. The van der Waals surface area contributed by atoms with Crippen molar-refractivity contribution in [1.82, 2.24) is 9.97 Å². The molecule has 3 heterocycles. The fourth-order valence-electron chi connectivity index (χ4n) is 4.75. The van der Waals surface area contributed by atoms with E-state index in [4.69, 9.17) is 0 Å². The molecule has 2 aliphatic heterocycles. The topological polar surface area (TPSA) is 78.1 Å². The standard InChI is InChI=1S/C22H28N4O2/c1-12-5-6-15(4)16(8-12)17-9-18(27)23-20-19(17)21(28)25-22(24-20)26-10-13(2)7-14(3)11-26/h5-6,8,13-14,17H,7,9-11H2,1-4H3,(H2,23,24,25,27,28). The quantitative estimate of drug-likeness (QED) is 0.838. The summed E-state index contributed by atoms with van der Waals surface area (Å²) in [5, 5.41) is 2.84. The number of fused-ring (bicyclic) bond motifs is 1. The van der Waals surface area contributed by atoms with Gasteiger partial charge in [0.25, 0.3) is 5.56 Å². The van der Waals surface area contributed by atoms with Crippen molar-refractivity contribution >= 4 is 17.7 Å². The molecule has 0 saturated carbocycles. The first-order chi connectivity index (χ1) is 13.3. The van der Waals surface area contributed by atoms with Gasteiger partial charge in [0.1, 0.15) is 5.82 Å². The van der Waals surface area contributed by atoms with Gasteiger partial charge in [0, 0.05) is 25.4 Å². The number of carbonyl (C=O) groups excluding carboxylic acids is 1. The SMILES string of the molecule is Cc1ccc(C)c(C2CC(=O)Nc3nc(N4CC(C)CC(C)C4)[nH]c(=O)c32)c1. The lowest BCUT2D eigenvalue weighted by atomic mass is 9.84. The molecule has 1 saturated heterocycles. The summed E-state index contributed by atoms with van der Waals surface area (Å²) in [5.41, 5.74) is 3.63. The third-order valence-electron chi connectivity index (χ3n) is 5.92. The molecule has 0 spiro atoms. The number of nitrogens with zero attached hydrogens (tertiary/aromatic N) is 2. The first-order valence-corrected chi connectivity index (χ1v) is 10.1. The molecule has 0 radical (unpaired) electrons. The minimum Gasteiger partial charge on any atom is -0.342 e. The average molecular weight is 380 g/mol. The van der Waals surface area contributed by atoms with Crippen LogP contribution in [0, 0.1) is 25.7 Å². The van der Waals surface area contributed by atoms with Crippen molar-refractivity contribution in [3.8, 4) is 0 Å². The van der Waals surface area contributed by atoms with Gasteiger partial charge >= 0.3 is 0 Å². The molecule has 1 aromatic carbocycles. The molecule has 1 amide bonds. The highest BCUT2D eigenvalue weighted by molar-refractivity contribution is 5.94. The Kier molecular flexibility index (Phi) is 4.73. The van der Waals surface area contributed by atoms with Gasteiger partial charge in [-0.15, -0.1) is 0 Å². The van der Waals surface area contributed by atoms with Gasteiger partial charge < -0.3 is 10.2 Å². The van der Waals surface area contributed by atoms with Crippen LogP contribution in [0.5, 0.6) is 0 Å². The molecule has 2 N–H and O–H groups in total. The largest absolute Gasteiger partial charge is 0.342 e. The van der Waals surface area contributed by atoms with E-state index in [-0.39, 0.29) is 23.8 Å². The molecule has 0 aliphatic carbocycles. The van der Waals surface area contributed by atoms with E-state index in [1.807, 2.05) is 26.0 Å². The number of hydrogen-bond acceptors (Lipinski definition) is 4.